The molecule has 0 aliphatic heterocycles. The minimum Gasteiger partial charge on any atom is -0.484 e. The Balaban J connectivity index is 1.43. The van der Waals surface area contributed by atoms with E-state index >= 15 is 0 Å². The molecule has 0 radical (unpaired) electrons. The highest BCUT2D eigenvalue weighted by Gasteiger charge is 2.13. The number of hydrogen-bond donors (Lipinski definition) is 2. The number of ether oxygens (including phenoxy) is 1. The molecule has 3 aromatic rings. The van der Waals surface area contributed by atoms with Gasteiger partial charge in [0.2, 0.25) is 5.91 Å². The van der Waals surface area contributed by atoms with E-state index in [2.05, 4.69) is 34.7 Å². The second-order valence-electron chi connectivity index (χ2n) is 8.38. The molecule has 180 valence electrons. The van der Waals surface area contributed by atoms with E-state index in [-0.39, 0.29) is 30.7 Å². The van der Waals surface area contributed by atoms with Crippen molar-refractivity contribution in [3.8, 4) is 5.75 Å². The van der Waals surface area contributed by atoms with Crippen molar-refractivity contribution in [3.05, 3.63) is 65.0 Å². The Morgan fingerprint density at radius 1 is 1.03 bits per heavy atom. The average Bonchev–Trinajstić information content (AvgIpc) is 3.16. The number of hydrogen-bond acceptors (Lipinski definition) is 6. The summed E-state index contributed by atoms with van der Waals surface area (Å²) in [6.45, 7) is 8.42. The first-order chi connectivity index (χ1) is 16.2. The summed E-state index contributed by atoms with van der Waals surface area (Å²) in [7, 11) is 1.80. The van der Waals surface area contributed by atoms with E-state index in [4.69, 9.17) is 4.74 Å². The molecule has 0 unspecified atom stereocenters. The lowest BCUT2D eigenvalue weighted by Gasteiger charge is -2.09. The smallest absolute Gasteiger partial charge is 0.258 e. The van der Waals surface area contributed by atoms with Gasteiger partial charge in [0.25, 0.3) is 5.91 Å². The molecule has 3 rings (SSSR count). The Labute approximate surface area is 204 Å². The molecule has 0 bridgehead atoms. The minimum atomic E-state index is -0.252. The summed E-state index contributed by atoms with van der Waals surface area (Å²) in [5.41, 5.74) is 4.29. The second-order valence-corrected chi connectivity index (χ2v) is 9.33. The fourth-order valence-electron chi connectivity index (χ4n) is 3.10. The van der Waals surface area contributed by atoms with Gasteiger partial charge in [-0.25, -0.2) is 0 Å². The minimum absolute atomic E-state index is 0.0842. The quantitative estimate of drug-likeness (QED) is 0.425. The largest absolute Gasteiger partial charge is 0.484 e. The van der Waals surface area contributed by atoms with Crippen LogP contribution in [0.1, 0.15) is 42.3 Å². The summed E-state index contributed by atoms with van der Waals surface area (Å²) in [6, 6.07) is 13.5. The summed E-state index contributed by atoms with van der Waals surface area (Å²) in [5, 5.41) is 14.5. The van der Waals surface area contributed by atoms with Crippen molar-refractivity contribution in [2.24, 2.45) is 7.05 Å². The number of rotatable bonds is 10. The Morgan fingerprint density at radius 2 is 1.76 bits per heavy atom. The van der Waals surface area contributed by atoms with Crippen LogP contribution in [0.3, 0.4) is 0 Å². The number of thioether (sulfide) groups is 1. The van der Waals surface area contributed by atoms with Crippen LogP contribution in [0.25, 0.3) is 0 Å². The maximum Gasteiger partial charge on any atom is 0.258 e. The summed E-state index contributed by atoms with van der Waals surface area (Å²) in [6.07, 6.45) is 0. The second kappa shape index (κ2) is 11.7. The first-order valence-corrected chi connectivity index (χ1v) is 12.1. The van der Waals surface area contributed by atoms with Crippen LogP contribution in [-0.4, -0.2) is 38.9 Å². The van der Waals surface area contributed by atoms with E-state index in [0.29, 0.717) is 22.6 Å². The zero-order valence-corrected chi connectivity index (χ0v) is 21.0. The molecular formula is C25H31N5O3S. The van der Waals surface area contributed by atoms with Crippen molar-refractivity contribution in [1.82, 2.24) is 20.1 Å². The summed E-state index contributed by atoms with van der Waals surface area (Å²) in [5.74, 6) is 1.51. The van der Waals surface area contributed by atoms with Crippen molar-refractivity contribution in [3.63, 3.8) is 0 Å². The van der Waals surface area contributed by atoms with Gasteiger partial charge >= 0.3 is 0 Å². The molecule has 0 aliphatic carbocycles. The number of carbonyl (C=O) groups excluding carboxylic acids is 2. The Kier molecular flexibility index (Phi) is 8.70. The zero-order valence-electron chi connectivity index (χ0n) is 20.2. The van der Waals surface area contributed by atoms with E-state index in [9.17, 15) is 9.59 Å². The van der Waals surface area contributed by atoms with Crippen LogP contribution in [0.2, 0.25) is 0 Å². The lowest BCUT2D eigenvalue weighted by molar-refractivity contribution is -0.123. The van der Waals surface area contributed by atoms with E-state index < -0.39 is 0 Å². The molecular weight excluding hydrogens is 450 g/mol. The van der Waals surface area contributed by atoms with Crippen molar-refractivity contribution < 1.29 is 14.3 Å². The molecule has 0 spiro atoms. The molecule has 0 fully saturated rings. The van der Waals surface area contributed by atoms with Crippen LogP contribution >= 0.6 is 11.8 Å². The van der Waals surface area contributed by atoms with E-state index in [1.165, 1.54) is 22.9 Å². The van der Waals surface area contributed by atoms with Crippen LogP contribution in [-0.2, 0) is 23.2 Å². The first-order valence-electron chi connectivity index (χ1n) is 11.1. The van der Waals surface area contributed by atoms with Gasteiger partial charge in [0.05, 0.1) is 12.3 Å². The van der Waals surface area contributed by atoms with E-state index in [1.54, 1.807) is 11.6 Å². The molecule has 2 aromatic carbocycles. The van der Waals surface area contributed by atoms with Crippen molar-refractivity contribution >= 4 is 29.3 Å². The van der Waals surface area contributed by atoms with Gasteiger partial charge in [0.1, 0.15) is 5.75 Å². The third-order valence-electron chi connectivity index (χ3n) is 5.41. The maximum absolute atomic E-state index is 12.3. The molecule has 34 heavy (non-hydrogen) atoms. The molecule has 0 atom stereocenters. The number of nitrogens with zero attached hydrogens (tertiary/aromatic N) is 3. The monoisotopic (exact) mass is 481 g/mol. The number of benzene rings is 2. The van der Waals surface area contributed by atoms with Crippen LogP contribution in [0.15, 0.2) is 47.6 Å². The van der Waals surface area contributed by atoms with Gasteiger partial charge in [-0.2, -0.15) is 0 Å². The van der Waals surface area contributed by atoms with Crippen LogP contribution in [0, 0.1) is 13.8 Å². The molecule has 0 saturated heterocycles. The Hall–Kier alpha value is -3.33. The standard InChI is InChI=1S/C25H31N5O3S/c1-16(2)19-7-10-21(11-8-19)33-14-23(31)26-13-22-28-29-25(30(22)5)34-15-24(32)27-20-9-6-17(3)18(4)12-20/h6-12,16H,13-15H2,1-5H3,(H,26,31)(H,27,32). The summed E-state index contributed by atoms with van der Waals surface area (Å²) < 4.78 is 7.31. The van der Waals surface area contributed by atoms with Crippen molar-refractivity contribution in [1.29, 1.82) is 0 Å². The average molecular weight is 482 g/mol. The number of carbonyl (C=O) groups is 2. The van der Waals surface area contributed by atoms with Gasteiger partial charge in [-0.15, -0.1) is 10.2 Å². The van der Waals surface area contributed by atoms with Gasteiger partial charge in [-0.1, -0.05) is 43.8 Å². The molecule has 2 amide bonds. The normalized spacial score (nSPS) is 10.9. The highest BCUT2D eigenvalue weighted by Crippen LogP contribution is 2.19. The third-order valence-corrected chi connectivity index (χ3v) is 6.43. The number of aromatic nitrogens is 3. The van der Waals surface area contributed by atoms with Crippen molar-refractivity contribution in [2.45, 2.75) is 45.3 Å². The fraction of sp³-hybridized carbons (Fsp3) is 0.360. The number of aryl methyl sites for hydroxylation is 2. The lowest BCUT2D eigenvalue weighted by Crippen LogP contribution is -2.29. The van der Waals surface area contributed by atoms with Crippen molar-refractivity contribution in [2.75, 3.05) is 17.7 Å². The predicted octanol–water partition coefficient (Wildman–Crippen LogP) is 3.98. The van der Waals surface area contributed by atoms with Gasteiger partial charge in [-0.3, -0.25) is 9.59 Å². The maximum atomic E-state index is 12.3. The molecule has 1 heterocycles. The topological polar surface area (TPSA) is 98.1 Å². The number of amides is 2. The molecule has 9 heteroatoms. The first kappa shape index (κ1) is 25.3. The summed E-state index contributed by atoms with van der Waals surface area (Å²) in [4.78, 5) is 24.5. The Bertz CT molecular complexity index is 1140. The van der Waals surface area contributed by atoms with Gasteiger partial charge in [0.15, 0.2) is 17.6 Å². The van der Waals surface area contributed by atoms with E-state index in [1.807, 2.05) is 56.3 Å². The van der Waals surface area contributed by atoms with Crippen LogP contribution in [0.5, 0.6) is 5.75 Å². The third kappa shape index (κ3) is 7.08. The molecule has 0 saturated carbocycles. The molecule has 0 aliphatic rings. The van der Waals surface area contributed by atoms with Crippen LogP contribution in [0.4, 0.5) is 5.69 Å². The fourth-order valence-corrected chi connectivity index (χ4v) is 3.83. The zero-order chi connectivity index (χ0) is 24.7. The van der Waals surface area contributed by atoms with E-state index in [0.717, 1.165) is 11.3 Å². The molecule has 8 nitrogen and oxygen atoms in total. The molecule has 1 aromatic heterocycles. The van der Waals surface area contributed by atoms with Crippen LogP contribution < -0.4 is 15.4 Å². The SMILES string of the molecule is Cc1ccc(NC(=O)CSc2nnc(CNC(=O)COc3ccc(C(C)C)cc3)n2C)cc1C. The number of anilines is 1. The van der Waals surface area contributed by atoms with Gasteiger partial charge in [-0.05, 0) is 60.7 Å². The Morgan fingerprint density at radius 3 is 2.44 bits per heavy atom. The highest BCUT2D eigenvalue weighted by molar-refractivity contribution is 7.99. The molecule has 2 N–H and O–H groups in total. The summed E-state index contributed by atoms with van der Waals surface area (Å²) >= 11 is 1.29. The predicted molar refractivity (Wildman–Crippen MR) is 134 cm³/mol. The van der Waals surface area contributed by atoms with Gasteiger partial charge < -0.3 is 19.9 Å². The number of nitrogens with one attached hydrogen (secondary N) is 2. The lowest BCUT2D eigenvalue weighted by atomic mass is 10.0. The highest BCUT2D eigenvalue weighted by atomic mass is 32.2. The van der Waals surface area contributed by atoms with Gasteiger partial charge in [0, 0.05) is 12.7 Å².